The zero-order valence-corrected chi connectivity index (χ0v) is 36.0. The number of fused-ring (bicyclic) bond motifs is 2. The number of rotatable bonds is 16. The van der Waals surface area contributed by atoms with Gasteiger partial charge in [-0.15, -0.1) is 0 Å². The summed E-state index contributed by atoms with van der Waals surface area (Å²) in [4.78, 5) is 18.7. The molecule has 0 saturated carbocycles. The van der Waals surface area contributed by atoms with E-state index in [1.54, 1.807) is 37.6 Å². The van der Waals surface area contributed by atoms with Crippen LogP contribution in [0.3, 0.4) is 0 Å². The van der Waals surface area contributed by atoms with E-state index in [0.717, 1.165) is 131 Å². The number of imidazole rings is 2. The molecule has 0 saturated heterocycles. The second kappa shape index (κ2) is 21.3. The lowest BCUT2D eigenvalue weighted by Gasteiger charge is -2.18. The summed E-state index contributed by atoms with van der Waals surface area (Å²) in [7, 11) is 1.66. The molecular weight excluding hydrogens is 811 g/mol. The van der Waals surface area contributed by atoms with E-state index in [9.17, 15) is 13.9 Å². The van der Waals surface area contributed by atoms with Crippen LogP contribution in [0, 0.1) is 11.6 Å². The van der Waals surface area contributed by atoms with Gasteiger partial charge in [-0.3, -0.25) is 0 Å². The van der Waals surface area contributed by atoms with E-state index in [1.807, 2.05) is 48.7 Å². The third-order valence-electron chi connectivity index (χ3n) is 11.5. The van der Waals surface area contributed by atoms with E-state index in [1.165, 1.54) is 24.3 Å². The number of aliphatic hydroxyl groups excluding tert-OH is 1. The van der Waals surface area contributed by atoms with Crippen LogP contribution in [0.5, 0.6) is 5.75 Å². The summed E-state index contributed by atoms with van der Waals surface area (Å²) >= 11 is 0. The van der Waals surface area contributed by atoms with Gasteiger partial charge in [0, 0.05) is 60.6 Å². The highest BCUT2D eigenvalue weighted by Crippen LogP contribution is 2.42. The molecule has 11 nitrogen and oxygen atoms in total. The molecular formula is C51H58F2N8O3. The third-order valence-corrected chi connectivity index (χ3v) is 11.5. The van der Waals surface area contributed by atoms with Crippen LogP contribution in [0.2, 0.25) is 0 Å². The molecule has 2 aliphatic heterocycles. The number of methoxy groups -OCH3 is 1. The number of nitrogens with zero attached hydrogens (tertiary/aromatic N) is 6. The molecule has 0 amide bonds. The monoisotopic (exact) mass is 868 g/mol. The van der Waals surface area contributed by atoms with Gasteiger partial charge >= 0.3 is 0 Å². The molecule has 0 fully saturated rings. The van der Waals surface area contributed by atoms with Crippen LogP contribution < -0.4 is 15.4 Å². The van der Waals surface area contributed by atoms with E-state index >= 15 is 0 Å². The van der Waals surface area contributed by atoms with Crippen molar-refractivity contribution in [2.24, 2.45) is 0 Å². The van der Waals surface area contributed by atoms with E-state index in [0.29, 0.717) is 13.2 Å². The van der Waals surface area contributed by atoms with Crippen LogP contribution in [-0.4, -0.2) is 67.6 Å². The second-order valence-electron chi connectivity index (χ2n) is 15.8. The van der Waals surface area contributed by atoms with Crippen molar-refractivity contribution in [3.05, 3.63) is 138 Å². The first-order valence-electron chi connectivity index (χ1n) is 21.8. The number of hydrogen-bond donors (Lipinski definition) is 3. The van der Waals surface area contributed by atoms with E-state index in [-0.39, 0.29) is 37.8 Å². The molecule has 0 spiro atoms. The largest absolute Gasteiger partial charge is 0.497 e. The van der Waals surface area contributed by atoms with E-state index in [4.69, 9.17) is 19.4 Å². The number of benzene rings is 3. The quantitative estimate of drug-likeness (QED) is 0.0871. The molecule has 13 heteroatoms. The van der Waals surface area contributed by atoms with Gasteiger partial charge in [0.2, 0.25) is 0 Å². The number of aromatic nitrogens is 6. The average Bonchev–Trinajstić information content (AvgIpc) is 4.10. The van der Waals surface area contributed by atoms with Gasteiger partial charge in [-0.2, -0.15) is 0 Å². The molecule has 7 aromatic rings. The summed E-state index contributed by atoms with van der Waals surface area (Å²) in [5, 5.41) is 16.5. The van der Waals surface area contributed by atoms with Gasteiger partial charge in [0.05, 0.1) is 61.8 Å². The number of anilines is 2. The zero-order valence-electron chi connectivity index (χ0n) is 36.0. The van der Waals surface area contributed by atoms with Gasteiger partial charge in [0.15, 0.2) is 0 Å². The Balaban J connectivity index is 0.000000196. The molecule has 2 atom stereocenters. The molecule has 6 heterocycles. The number of nitrogens with one attached hydrogen (secondary N) is 2. The fourth-order valence-corrected chi connectivity index (χ4v) is 8.34. The standard InChI is InChI=1S/C29H31FN4O2.C21H23FN4O.CH4/c1-3-15-31-26-17-22(14-16-32-26)29-28(21-6-8-23(30)9-7-21)33-27-13-10-24(34(27)29)19-36-18-20-4-11-25(35-2)12-5-20;1-2-10-23-18-12-15(9-11-24-18)21-20(14-3-5-16(22)6-4-14)25-19-8-7-17(13-27)26(19)21;/h4-9,11-12,14,16-17,24H,3,10,13,15,18-19H2,1-2H3,(H,31,32);3-6,9,11-12,17,27H,2,7-8,10,13H2,1H3,(H,23,24);1H4/t24-;17-;/m00./s1. The topological polar surface area (TPSA) is 124 Å². The van der Waals surface area contributed by atoms with Gasteiger partial charge in [-0.1, -0.05) is 33.4 Å². The van der Waals surface area contributed by atoms with Crippen molar-refractivity contribution in [2.75, 3.05) is 44.0 Å². The predicted molar refractivity (Wildman–Crippen MR) is 250 cm³/mol. The maximum Gasteiger partial charge on any atom is 0.126 e. The minimum atomic E-state index is -0.268. The van der Waals surface area contributed by atoms with Crippen LogP contribution in [0.15, 0.2) is 109 Å². The Hall–Kier alpha value is -6.44. The Morgan fingerprint density at radius 2 is 1.14 bits per heavy atom. The lowest BCUT2D eigenvalue weighted by Crippen LogP contribution is -2.13. The second-order valence-corrected chi connectivity index (χ2v) is 15.8. The van der Waals surface area contributed by atoms with E-state index in [2.05, 4.69) is 49.6 Å². The summed E-state index contributed by atoms with van der Waals surface area (Å²) in [6, 6.07) is 29.1. The first-order chi connectivity index (χ1) is 30.9. The maximum atomic E-state index is 13.7. The highest BCUT2D eigenvalue weighted by molar-refractivity contribution is 5.81. The molecule has 3 N–H and O–H groups in total. The lowest BCUT2D eigenvalue weighted by atomic mass is 10.0. The first kappa shape index (κ1) is 45.6. The Kier molecular flexibility index (Phi) is 15.2. The minimum absolute atomic E-state index is 0. The van der Waals surface area contributed by atoms with Crippen LogP contribution in [0.25, 0.3) is 45.0 Å². The number of halogens is 2. The van der Waals surface area contributed by atoms with Gasteiger partial charge in [-0.05, 0) is 116 Å². The number of aliphatic hydroxyl groups is 1. The summed E-state index contributed by atoms with van der Waals surface area (Å²) in [5.74, 6) is 3.95. The van der Waals surface area contributed by atoms with Crippen molar-refractivity contribution >= 4 is 11.6 Å². The fraction of sp³-hybridized carbons (Fsp3) is 0.333. The number of hydrogen-bond acceptors (Lipinski definition) is 9. The smallest absolute Gasteiger partial charge is 0.126 e. The van der Waals surface area contributed by atoms with Crippen molar-refractivity contribution in [3.63, 3.8) is 0 Å². The van der Waals surface area contributed by atoms with Crippen LogP contribution in [0.4, 0.5) is 20.4 Å². The minimum Gasteiger partial charge on any atom is -0.497 e. The predicted octanol–water partition coefficient (Wildman–Crippen LogP) is 11.0. The molecule has 3 aromatic carbocycles. The van der Waals surface area contributed by atoms with Gasteiger partial charge in [0.25, 0.3) is 0 Å². The molecule has 0 radical (unpaired) electrons. The van der Waals surface area contributed by atoms with Crippen molar-refractivity contribution < 1.29 is 23.4 Å². The van der Waals surface area contributed by atoms with Crippen LogP contribution in [0.1, 0.15) is 76.3 Å². The normalized spacial score (nSPS) is 14.8. The highest BCUT2D eigenvalue weighted by Gasteiger charge is 2.32. The lowest BCUT2D eigenvalue weighted by molar-refractivity contribution is 0.0925. The Labute approximate surface area is 374 Å². The summed E-state index contributed by atoms with van der Waals surface area (Å²) in [6.45, 7) is 7.13. The van der Waals surface area contributed by atoms with Crippen LogP contribution in [-0.2, 0) is 24.2 Å². The molecule has 0 unspecified atom stereocenters. The molecule has 2 aliphatic rings. The molecule has 4 aromatic heterocycles. The summed E-state index contributed by atoms with van der Waals surface area (Å²) < 4.78 is 42.9. The number of ether oxygens (including phenoxy) is 2. The number of aryl methyl sites for hydroxylation is 2. The van der Waals surface area contributed by atoms with E-state index < -0.39 is 0 Å². The number of pyridine rings is 2. The Morgan fingerprint density at radius 3 is 1.61 bits per heavy atom. The Bertz CT molecular complexity index is 2590. The Morgan fingerprint density at radius 1 is 0.656 bits per heavy atom. The molecule has 0 aliphatic carbocycles. The van der Waals surface area contributed by atoms with Crippen molar-refractivity contribution in [3.8, 4) is 50.8 Å². The zero-order chi connectivity index (χ0) is 43.7. The summed E-state index contributed by atoms with van der Waals surface area (Å²) in [6.07, 6.45) is 9.18. The van der Waals surface area contributed by atoms with Gasteiger partial charge < -0.3 is 34.3 Å². The SMILES string of the molecule is C.CCCNc1cc(-c2c(-c3ccc(F)cc3)nc3n2[C@H](CO)CC3)ccn1.CCCNc1cc(-c2c(-c3ccc(F)cc3)nc3n2[C@H](COCc2ccc(OC)cc2)CC3)ccn1. The molecule has 64 heavy (non-hydrogen) atoms. The van der Waals surface area contributed by atoms with Crippen molar-refractivity contribution in [1.29, 1.82) is 0 Å². The fourth-order valence-electron chi connectivity index (χ4n) is 8.34. The molecule has 334 valence electrons. The summed E-state index contributed by atoms with van der Waals surface area (Å²) in [5.41, 5.74) is 8.53. The van der Waals surface area contributed by atoms with Crippen molar-refractivity contribution in [1.82, 2.24) is 29.1 Å². The average molecular weight is 869 g/mol. The van der Waals surface area contributed by atoms with Gasteiger partial charge in [0.1, 0.15) is 40.7 Å². The van der Waals surface area contributed by atoms with Crippen LogP contribution >= 0.6 is 0 Å². The maximum absolute atomic E-state index is 13.7. The van der Waals surface area contributed by atoms with Crippen molar-refractivity contribution in [2.45, 2.75) is 78.5 Å². The van der Waals surface area contributed by atoms with Gasteiger partial charge in [-0.25, -0.2) is 28.7 Å². The molecule has 0 bridgehead atoms. The first-order valence-corrected chi connectivity index (χ1v) is 21.8. The highest BCUT2D eigenvalue weighted by atomic mass is 19.1. The third kappa shape index (κ3) is 10.2. The molecule has 9 rings (SSSR count).